The van der Waals surface area contributed by atoms with Crippen LogP contribution in [0.4, 0.5) is 4.39 Å². The van der Waals surface area contributed by atoms with E-state index in [0.717, 1.165) is 0 Å². The minimum atomic E-state index is -1.68. The Labute approximate surface area is 101 Å². The summed E-state index contributed by atoms with van der Waals surface area (Å²) < 4.78 is 18.5. The van der Waals surface area contributed by atoms with E-state index in [9.17, 15) is 4.39 Å². The van der Waals surface area contributed by atoms with Crippen molar-refractivity contribution in [2.24, 2.45) is 0 Å². The van der Waals surface area contributed by atoms with E-state index < -0.39 is 8.32 Å². The van der Waals surface area contributed by atoms with Crippen molar-refractivity contribution in [1.29, 1.82) is 0 Å². The normalized spacial score (nSPS) is 14.3. The lowest BCUT2D eigenvalue weighted by atomic mass is 10.1. The molecule has 0 rings (SSSR count). The molecule has 3 heteroatoms. The molecule has 16 heavy (non-hydrogen) atoms. The molecule has 0 aromatic carbocycles. The van der Waals surface area contributed by atoms with Crippen molar-refractivity contribution in [3.05, 3.63) is 11.9 Å². The van der Waals surface area contributed by atoms with Crippen LogP contribution in [0.25, 0.3) is 0 Å². The Bertz CT molecular complexity index is 230. The summed E-state index contributed by atoms with van der Waals surface area (Å²) in [5.74, 6) is -0.115. The fourth-order valence-electron chi connectivity index (χ4n) is 1.69. The summed E-state index contributed by atoms with van der Waals surface area (Å²) in [6, 6.07) is 0. The molecule has 0 atom stereocenters. The fraction of sp³-hybridized carbons (Fsp3) is 0.846. The summed E-state index contributed by atoms with van der Waals surface area (Å²) in [5.41, 5.74) is 0. The van der Waals surface area contributed by atoms with Crippen molar-refractivity contribution >= 4 is 8.32 Å². The molecule has 0 saturated carbocycles. The third-order valence-corrected chi connectivity index (χ3v) is 7.95. The van der Waals surface area contributed by atoms with Crippen LogP contribution in [-0.2, 0) is 4.43 Å². The van der Waals surface area contributed by atoms with Crippen molar-refractivity contribution in [3.8, 4) is 0 Å². The van der Waals surface area contributed by atoms with Gasteiger partial charge in [0, 0.05) is 6.61 Å². The highest BCUT2D eigenvalue weighted by molar-refractivity contribution is 6.74. The molecule has 96 valence electrons. The summed E-state index contributed by atoms with van der Waals surface area (Å²) in [4.78, 5) is 0. The van der Waals surface area contributed by atoms with Gasteiger partial charge in [-0.2, -0.15) is 0 Å². The van der Waals surface area contributed by atoms with Crippen LogP contribution in [0, 0.1) is 0 Å². The van der Waals surface area contributed by atoms with Crippen LogP contribution in [0.15, 0.2) is 11.9 Å². The first-order valence-corrected chi connectivity index (χ1v) is 9.10. The van der Waals surface area contributed by atoms with Crippen LogP contribution < -0.4 is 0 Å². The lowest BCUT2D eigenvalue weighted by Gasteiger charge is -2.39. The van der Waals surface area contributed by atoms with E-state index in [1.807, 2.05) is 0 Å². The summed E-state index contributed by atoms with van der Waals surface area (Å²) in [7, 11) is -1.68. The van der Waals surface area contributed by atoms with Gasteiger partial charge < -0.3 is 4.43 Å². The molecule has 0 aromatic heterocycles. The molecule has 1 nitrogen and oxygen atoms in total. The number of allylic oxidation sites excluding steroid dienone is 1. The van der Waals surface area contributed by atoms with E-state index in [4.69, 9.17) is 4.43 Å². The van der Waals surface area contributed by atoms with E-state index in [1.54, 1.807) is 6.08 Å². The standard InChI is InChI=1S/C13H27FOSi/c1-7-10-13(3,4)16(5,6)15-11-8-9-12(2)14/h9H,7-8,10-11H2,1-6H3/b12-9+. The van der Waals surface area contributed by atoms with Crippen molar-refractivity contribution in [1.82, 2.24) is 0 Å². The highest BCUT2D eigenvalue weighted by Crippen LogP contribution is 2.41. The Morgan fingerprint density at radius 3 is 2.38 bits per heavy atom. The van der Waals surface area contributed by atoms with Crippen LogP contribution in [0.1, 0.15) is 47.0 Å². The van der Waals surface area contributed by atoms with Gasteiger partial charge in [0.1, 0.15) is 0 Å². The van der Waals surface area contributed by atoms with Gasteiger partial charge in [0.05, 0.1) is 5.83 Å². The molecule has 0 aliphatic carbocycles. The van der Waals surface area contributed by atoms with Crippen LogP contribution >= 0.6 is 0 Å². The Morgan fingerprint density at radius 1 is 1.38 bits per heavy atom. The fourth-order valence-corrected chi connectivity index (χ4v) is 3.56. The quantitative estimate of drug-likeness (QED) is 0.451. The Morgan fingerprint density at radius 2 is 1.94 bits per heavy atom. The number of hydrogen-bond donors (Lipinski definition) is 0. The average Bonchev–Trinajstić information content (AvgIpc) is 2.12. The third kappa shape index (κ3) is 5.26. The number of hydrogen-bond acceptors (Lipinski definition) is 1. The summed E-state index contributed by atoms with van der Waals surface area (Å²) >= 11 is 0. The molecule has 0 unspecified atom stereocenters. The molecule has 0 radical (unpaired) electrons. The third-order valence-electron chi connectivity index (χ3n) is 3.51. The van der Waals surface area contributed by atoms with Crippen molar-refractivity contribution in [2.75, 3.05) is 6.61 Å². The minimum absolute atomic E-state index is 0.115. The molecule has 0 saturated heterocycles. The van der Waals surface area contributed by atoms with Gasteiger partial charge in [-0.3, -0.25) is 0 Å². The Hall–Kier alpha value is -0.153. The molecule has 0 spiro atoms. The van der Waals surface area contributed by atoms with Gasteiger partial charge >= 0.3 is 0 Å². The largest absolute Gasteiger partial charge is 0.417 e. The second kappa shape index (κ2) is 6.55. The van der Waals surface area contributed by atoms with Gasteiger partial charge in [0.2, 0.25) is 0 Å². The zero-order valence-electron chi connectivity index (χ0n) is 11.7. The molecule has 0 bridgehead atoms. The van der Waals surface area contributed by atoms with E-state index in [2.05, 4.69) is 33.9 Å². The maximum Gasteiger partial charge on any atom is 0.192 e. The van der Waals surface area contributed by atoms with Crippen LogP contribution in [0.3, 0.4) is 0 Å². The molecule has 0 N–H and O–H groups in total. The zero-order valence-corrected chi connectivity index (χ0v) is 12.7. The van der Waals surface area contributed by atoms with Gasteiger partial charge in [-0.15, -0.1) is 0 Å². The summed E-state index contributed by atoms with van der Waals surface area (Å²) in [6.45, 7) is 13.4. The van der Waals surface area contributed by atoms with Crippen molar-refractivity contribution < 1.29 is 8.82 Å². The SMILES string of the molecule is CCCC(C)(C)[Si](C)(C)OCC/C=C(\C)F. The molecule has 0 aliphatic rings. The van der Waals surface area contributed by atoms with E-state index >= 15 is 0 Å². The zero-order chi connectivity index (χ0) is 12.8. The Kier molecular flexibility index (Phi) is 6.49. The predicted molar refractivity (Wildman–Crippen MR) is 71.9 cm³/mol. The van der Waals surface area contributed by atoms with E-state index in [0.29, 0.717) is 13.0 Å². The number of halogens is 1. The van der Waals surface area contributed by atoms with Crippen molar-refractivity contribution in [3.63, 3.8) is 0 Å². The minimum Gasteiger partial charge on any atom is -0.417 e. The highest BCUT2D eigenvalue weighted by atomic mass is 28.4. The predicted octanol–water partition coefficient (Wildman–Crippen LogP) is 5.05. The van der Waals surface area contributed by atoms with Gasteiger partial charge in [-0.05, 0) is 37.9 Å². The Balaban J connectivity index is 4.18. The highest BCUT2D eigenvalue weighted by Gasteiger charge is 2.39. The molecule has 0 fully saturated rings. The van der Waals surface area contributed by atoms with Gasteiger partial charge in [0.15, 0.2) is 8.32 Å². The molecular formula is C13H27FOSi. The lowest BCUT2D eigenvalue weighted by Crippen LogP contribution is -2.42. The molecule has 0 aliphatic heterocycles. The second-order valence-electron chi connectivity index (χ2n) is 5.57. The first-order valence-electron chi connectivity index (χ1n) is 6.19. The topological polar surface area (TPSA) is 9.23 Å². The van der Waals surface area contributed by atoms with Crippen molar-refractivity contribution in [2.45, 2.75) is 65.1 Å². The smallest absolute Gasteiger partial charge is 0.192 e. The monoisotopic (exact) mass is 246 g/mol. The molecule has 0 amide bonds. The van der Waals surface area contributed by atoms with Crippen LogP contribution in [-0.4, -0.2) is 14.9 Å². The number of rotatable bonds is 7. The van der Waals surface area contributed by atoms with Gasteiger partial charge in [-0.1, -0.05) is 33.3 Å². The van der Waals surface area contributed by atoms with Gasteiger partial charge in [0.25, 0.3) is 0 Å². The first kappa shape index (κ1) is 15.8. The van der Waals surface area contributed by atoms with Gasteiger partial charge in [-0.25, -0.2) is 4.39 Å². The summed E-state index contributed by atoms with van der Waals surface area (Å²) in [5, 5.41) is 0.288. The van der Waals surface area contributed by atoms with E-state index in [-0.39, 0.29) is 10.9 Å². The van der Waals surface area contributed by atoms with E-state index in [1.165, 1.54) is 19.8 Å². The molecule has 0 aromatic rings. The van der Waals surface area contributed by atoms with Crippen LogP contribution in [0.5, 0.6) is 0 Å². The maximum atomic E-state index is 12.5. The summed E-state index contributed by atoms with van der Waals surface area (Å²) in [6.07, 6.45) is 4.67. The second-order valence-corrected chi connectivity index (χ2v) is 10.2. The van der Waals surface area contributed by atoms with Crippen LogP contribution in [0.2, 0.25) is 18.1 Å². The molecule has 0 heterocycles. The average molecular weight is 246 g/mol. The first-order chi connectivity index (χ1) is 7.23. The lowest BCUT2D eigenvalue weighted by molar-refractivity contribution is 0.286. The molecular weight excluding hydrogens is 219 g/mol. The maximum absolute atomic E-state index is 12.5.